The van der Waals surface area contributed by atoms with Gasteiger partial charge in [-0.15, -0.1) is 0 Å². The fourth-order valence-corrected chi connectivity index (χ4v) is 2.63. The average molecular weight is 303 g/mol. The van der Waals surface area contributed by atoms with Crippen molar-refractivity contribution in [3.05, 3.63) is 52.2 Å². The van der Waals surface area contributed by atoms with Gasteiger partial charge < -0.3 is 15.5 Å². The summed E-state index contributed by atoms with van der Waals surface area (Å²) in [5.74, 6) is 0. The van der Waals surface area contributed by atoms with E-state index >= 15 is 0 Å². The smallest absolute Gasteiger partial charge is 0.321 e. The van der Waals surface area contributed by atoms with Gasteiger partial charge in [0, 0.05) is 25.3 Å². The highest BCUT2D eigenvalue weighted by atomic mass is 32.1. The number of anilines is 1. The van der Waals surface area contributed by atoms with Crippen LogP contribution >= 0.6 is 11.3 Å². The van der Waals surface area contributed by atoms with E-state index in [1.54, 1.807) is 23.3 Å². The molecular weight excluding hydrogens is 282 g/mol. The summed E-state index contributed by atoms with van der Waals surface area (Å²) in [5, 5.41) is 10.2. The van der Waals surface area contributed by atoms with Gasteiger partial charge in [-0.05, 0) is 54.1 Å². The Kier molecular flexibility index (Phi) is 5.36. The number of carbonyl (C=O) groups is 1. The largest absolute Gasteiger partial charge is 0.323 e. The van der Waals surface area contributed by atoms with Gasteiger partial charge >= 0.3 is 6.03 Å². The number of carbonyl (C=O) groups excluding carboxylic acids is 1. The van der Waals surface area contributed by atoms with Crippen molar-refractivity contribution >= 4 is 23.1 Å². The molecule has 1 atom stereocenters. The van der Waals surface area contributed by atoms with E-state index in [1.807, 2.05) is 42.8 Å². The molecule has 0 aliphatic rings. The molecule has 0 radical (unpaired) electrons. The summed E-state index contributed by atoms with van der Waals surface area (Å²) in [4.78, 5) is 13.8. The molecule has 0 aliphatic carbocycles. The molecule has 0 aliphatic heterocycles. The second kappa shape index (κ2) is 7.24. The van der Waals surface area contributed by atoms with Crippen LogP contribution in [0.2, 0.25) is 0 Å². The lowest BCUT2D eigenvalue weighted by molar-refractivity contribution is 0.221. The van der Waals surface area contributed by atoms with E-state index < -0.39 is 0 Å². The van der Waals surface area contributed by atoms with E-state index in [0.717, 1.165) is 11.3 Å². The van der Waals surface area contributed by atoms with Gasteiger partial charge in [-0.2, -0.15) is 11.3 Å². The predicted molar refractivity (Wildman–Crippen MR) is 88.7 cm³/mol. The number of nitrogens with one attached hydrogen (secondary N) is 2. The Bertz CT molecular complexity index is 566. The Hall–Kier alpha value is -1.85. The van der Waals surface area contributed by atoms with Crippen LogP contribution < -0.4 is 10.6 Å². The molecule has 0 bridgehead atoms. The first-order valence-electron chi connectivity index (χ1n) is 6.90. The quantitative estimate of drug-likeness (QED) is 0.884. The first kappa shape index (κ1) is 15.5. The molecule has 5 heteroatoms. The molecule has 2 rings (SSSR count). The van der Waals surface area contributed by atoms with Crippen LogP contribution in [0.4, 0.5) is 10.5 Å². The van der Waals surface area contributed by atoms with Gasteiger partial charge in [-0.3, -0.25) is 0 Å². The Morgan fingerprint density at radius 2 is 2.00 bits per heavy atom. The molecule has 112 valence electrons. The van der Waals surface area contributed by atoms with Crippen LogP contribution in [0.15, 0.2) is 41.1 Å². The van der Waals surface area contributed by atoms with Crippen LogP contribution in [0, 0.1) is 0 Å². The third kappa shape index (κ3) is 4.31. The zero-order chi connectivity index (χ0) is 15.2. The van der Waals surface area contributed by atoms with Crippen molar-refractivity contribution in [2.24, 2.45) is 0 Å². The minimum Gasteiger partial charge on any atom is -0.323 e. The van der Waals surface area contributed by atoms with Crippen LogP contribution in [0.1, 0.15) is 24.1 Å². The number of hydrogen-bond acceptors (Lipinski definition) is 3. The molecule has 0 saturated heterocycles. The van der Waals surface area contributed by atoms with E-state index in [4.69, 9.17) is 0 Å². The zero-order valence-electron chi connectivity index (χ0n) is 12.6. The van der Waals surface area contributed by atoms with E-state index in [1.165, 1.54) is 5.56 Å². The van der Waals surface area contributed by atoms with Crippen LogP contribution in [0.5, 0.6) is 0 Å². The minimum atomic E-state index is -0.101. The van der Waals surface area contributed by atoms with Gasteiger partial charge in [0.15, 0.2) is 0 Å². The average Bonchev–Trinajstić information content (AvgIpc) is 3.00. The highest BCUT2D eigenvalue weighted by Gasteiger charge is 2.10. The fourth-order valence-electron chi connectivity index (χ4n) is 1.97. The van der Waals surface area contributed by atoms with E-state index in [2.05, 4.69) is 22.9 Å². The van der Waals surface area contributed by atoms with Gasteiger partial charge in [-0.25, -0.2) is 4.79 Å². The molecule has 2 aromatic rings. The lowest BCUT2D eigenvalue weighted by Gasteiger charge is -2.18. The molecule has 0 fully saturated rings. The van der Waals surface area contributed by atoms with Crippen molar-refractivity contribution in [3.63, 3.8) is 0 Å². The first-order chi connectivity index (χ1) is 10.1. The van der Waals surface area contributed by atoms with Crippen LogP contribution in [-0.4, -0.2) is 25.0 Å². The summed E-state index contributed by atoms with van der Waals surface area (Å²) in [6, 6.07) is 10.1. The molecule has 21 heavy (non-hydrogen) atoms. The van der Waals surface area contributed by atoms with Crippen LogP contribution in [-0.2, 0) is 6.54 Å². The number of amides is 2. The van der Waals surface area contributed by atoms with Crippen molar-refractivity contribution < 1.29 is 4.79 Å². The predicted octanol–water partition coefficient (Wildman–Crippen LogP) is 3.69. The van der Waals surface area contributed by atoms with E-state index in [9.17, 15) is 4.79 Å². The van der Waals surface area contributed by atoms with Crippen molar-refractivity contribution in [2.75, 3.05) is 19.4 Å². The number of benzene rings is 1. The molecule has 2 N–H and O–H groups in total. The third-order valence-corrected chi connectivity index (χ3v) is 4.17. The Morgan fingerprint density at radius 3 is 2.57 bits per heavy atom. The number of nitrogens with zero attached hydrogens (tertiary/aromatic N) is 1. The van der Waals surface area contributed by atoms with Gasteiger partial charge in [0.25, 0.3) is 0 Å². The standard InChI is InChI=1S/C16H21N3OS/c1-12(17-2)14-4-6-15(7-5-14)18-16(20)19(3)10-13-8-9-21-11-13/h4-9,11-12,17H,10H2,1-3H3,(H,18,20). The maximum atomic E-state index is 12.1. The molecule has 1 heterocycles. The molecule has 0 spiro atoms. The molecule has 1 aromatic carbocycles. The first-order valence-corrected chi connectivity index (χ1v) is 7.85. The minimum absolute atomic E-state index is 0.101. The lowest BCUT2D eigenvalue weighted by Crippen LogP contribution is -2.30. The third-order valence-electron chi connectivity index (χ3n) is 3.44. The Morgan fingerprint density at radius 1 is 1.29 bits per heavy atom. The van der Waals surface area contributed by atoms with E-state index in [0.29, 0.717) is 12.6 Å². The SMILES string of the molecule is CNC(C)c1ccc(NC(=O)N(C)Cc2ccsc2)cc1. The molecule has 4 nitrogen and oxygen atoms in total. The van der Waals surface area contributed by atoms with Gasteiger partial charge in [0.2, 0.25) is 0 Å². The van der Waals surface area contributed by atoms with Gasteiger partial charge in [-0.1, -0.05) is 12.1 Å². The Labute approximate surface area is 129 Å². The second-order valence-electron chi connectivity index (χ2n) is 5.05. The topological polar surface area (TPSA) is 44.4 Å². The van der Waals surface area contributed by atoms with Crippen molar-refractivity contribution in [1.29, 1.82) is 0 Å². The summed E-state index contributed by atoms with van der Waals surface area (Å²) in [6.07, 6.45) is 0. The lowest BCUT2D eigenvalue weighted by atomic mass is 10.1. The number of thiophene rings is 1. The second-order valence-corrected chi connectivity index (χ2v) is 5.83. The monoisotopic (exact) mass is 303 g/mol. The maximum Gasteiger partial charge on any atom is 0.321 e. The molecular formula is C16H21N3OS. The number of hydrogen-bond donors (Lipinski definition) is 2. The van der Waals surface area contributed by atoms with Crippen molar-refractivity contribution in [1.82, 2.24) is 10.2 Å². The summed E-state index contributed by atoms with van der Waals surface area (Å²) < 4.78 is 0. The van der Waals surface area contributed by atoms with Crippen molar-refractivity contribution in [3.8, 4) is 0 Å². The van der Waals surface area contributed by atoms with E-state index in [-0.39, 0.29) is 6.03 Å². The summed E-state index contributed by atoms with van der Waals surface area (Å²) in [6.45, 7) is 2.71. The number of urea groups is 1. The van der Waals surface area contributed by atoms with Crippen molar-refractivity contribution in [2.45, 2.75) is 19.5 Å². The zero-order valence-corrected chi connectivity index (χ0v) is 13.4. The highest BCUT2D eigenvalue weighted by molar-refractivity contribution is 7.07. The maximum absolute atomic E-state index is 12.1. The summed E-state index contributed by atoms with van der Waals surface area (Å²) >= 11 is 1.64. The molecule has 0 saturated carbocycles. The summed E-state index contributed by atoms with van der Waals surface area (Å²) in [5.41, 5.74) is 3.15. The van der Waals surface area contributed by atoms with Crippen LogP contribution in [0.25, 0.3) is 0 Å². The number of rotatable bonds is 5. The molecule has 1 unspecified atom stereocenters. The normalized spacial score (nSPS) is 12.0. The highest BCUT2D eigenvalue weighted by Crippen LogP contribution is 2.16. The molecule has 2 amide bonds. The molecule has 1 aromatic heterocycles. The van der Waals surface area contributed by atoms with Gasteiger partial charge in [0.05, 0.1) is 0 Å². The fraction of sp³-hybridized carbons (Fsp3) is 0.312. The summed E-state index contributed by atoms with van der Waals surface area (Å²) in [7, 11) is 3.73. The Balaban J connectivity index is 1.92. The van der Waals surface area contributed by atoms with Gasteiger partial charge in [0.1, 0.15) is 0 Å². The van der Waals surface area contributed by atoms with Crippen LogP contribution in [0.3, 0.4) is 0 Å².